The highest BCUT2D eigenvalue weighted by atomic mass is 19.1. The quantitative estimate of drug-likeness (QED) is 0.787. The smallest absolute Gasteiger partial charge is 0.132 e. The summed E-state index contributed by atoms with van der Waals surface area (Å²) in [5.74, 6) is 0.369. The van der Waals surface area contributed by atoms with Gasteiger partial charge in [0.15, 0.2) is 0 Å². The van der Waals surface area contributed by atoms with Gasteiger partial charge in [-0.3, -0.25) is 4.90 Å². The minimum atomic E-state index is -0.170. The van der Waals surface area contributed by atoms with Crippen molar-refractivity contribution in [3.8, 4) is 0 Å². The van der Waals surface area contributed by atoms with E-state index in [9.17, 15) is 4.39 Å². The molecule has 0 spiro atoms. The maximum Gasteiger partial charge on any atom is 0.132 e. The lowest BCUT2D eigenvalue weighted by atomic mass is 10.1. The van der Waals surface area contributed by atoms with Gasteiger partial charge in [0.25, 0.3) is 0 Å². The minimum Gasteiger partial charge on any atom is -0.383 e. The Labute approximate surface area is 115 Å². The number of rotatable bonds is 8. The molecule has 1 rings (SSSR count). The van der Waals surface area contributed by atoms with Gasteiger partial charge in [-0.05, 0) is 5.92 Å². The normalized spacial score (nSPS) is 11.5. The van der Waals surface area contributed by atoms with Gasteiger partial charge < -0.3 is 10.5 Å². The fourth-order valence-corrected chi connectivity index (χ4v) is 2.13. The molecule has 0 aromatic heterocycles. The zero-order valence-electron chi connectivity index (χ0n) is 12.2. The number of benzene rings is 1. The van der Waals surface area contributed by atoms with Gasteiger partial charge in [-0.1, -0.05) is 32.0 Å². The van der Waals surface area contributed by atoms with Crippen LogP contribution in [-0.2, 0) is 17.8 Å². The highest BCUT2D eigenvalue weighted by molar-refractivity contribution is 5.25. The molecule has 0 radical (unpaired) electrons. The Morgan fingerprint density at radius 2 is 2.00 bits per heavy atom. The van der Waals surface area contributed by atoms with Gasteiger partial charge in [0, 0.05) is 44.4 Å². The molecule has 0 aliphatic heterocycles. The lowest BCUT2D eigenvalue weighted by Crippen LogP contribution is -2.31. The summed E-state index contributed by atoms with van der Waals surface area (Å²) in [7, 11) is 1.68. The number of methoxy groups -OCH3 is 1. The van der Waals surface area contributed by atoms with Crippen LogP contribution in [0.3, 0.4) is 0 Å². The van der Waals surface area contributed by atoms with Crippen LogP contribution in [0.25, 0.3) is 0 Å². The first-order valence-electron chi connectivity index (χ1n) is 6.76. The molecular weight excluding hydrogens is 243 g/mol. The van der Waals surface area contributed by atoms with Gasteiger partial charge in [0.1, 0.15) is 5.82 Å². The minimum absolute atomic E-state index is 0.170. The Hall–Kier alpha value is -0.970. The molecule has 0 atom stereocenters. The van der Waals surface area contributed by atoms with Crippen molar-refractivity contribution in [2.24, 2.45) is 11.7 Å². The van der Waals surface area contributed by atoms with E-state index in [1.54, 1.807) is 13.2 Å². The van der Waals surface area contributed by atoms with E-state index >= 15 is 0 Å². The van der Waals surface area contributed by atoms with Crippen molar-refractivity contribution in [1.29, 1.82) is 0 Å². The van der Waals surface area contributed by atoms with Crippen LogP contribution >= 0.6 is 0 Å². The van der Waals surface area contributed by atoms with Crippen LogP contribution in [0.5, 0.6) is 0 Å². The molecule has 0 saturated carbocycles. The first-order valence-corrected chi connectivity index (χ1v) is 6.76. The average Bonchev–Trinajstić information content (AvgIpc) is 2.37. The van der Waals surface area contributed by atoms with Crippen molar-refractivity contribution in [2.45, 2.75) is 26.9 Å². The molecule has 4 heteroatoms. The number of ether oxygens (including phenoxy) is 1. The van der Waals surface area contributed by atoms with Gasteiger partial charge in [-0.15, -0.1) is 0 Å². The summed E-state index contributed by atoms with van der Waals surface area (Å²) in [5.41, 5.74) is 6.82. The molecule has 1 aromatic rings. The Bertz CT molecular complexity index is 382. The number of halogens is 1. The standard InChI is InChI=1S/C15H25FN2O/c1-12(2)10-18(7-8-19-3)11-14-6-4-5-13(9-17)15(14)16/h4-6,12H,7-11,17H2,1-3H3. The Morgan fingerprint density at radius 1 is 1.32 bits per heavy atom. The van der Waals surface area contributed by atoms with Crippen LogP contribution in [0.4, 0.5) is 4.39 Å². The fraction of sp³-hybridized carbons (Fsp3) is 0.600. The molecule has 0 aliphatic carbocycles. The Balaban J connectivity index is 2.77. The van der Waals surface area contributed by atoms with Crippen LogP contribution < -0.4 is 5.73 Å². The summed E-state index contributed by atoms with van der Waals surface area (Å²) < 4.78 is 19.3. The van der Waals surface area contributed by atoms with Crippen LogP contribution in [0, 0.1) is 11.7 Å². The van der Waals surface area contributed by atoms with E-state index in [-0.39, 0.29) is 12.4 Å². The van der Waals surface area contributed by atoms with E-state index < -0.39 is 0 Å². The zero-order chi connectivity index (χ0) is 14.3. The van der Waals surface area contributed by atoms with Crippen LogP contribution in [0.15, 0.2) is 18.2 Å². The number of hydrogen-bond acceptors (Lipinski definition) is 3. The Kier molecular flexibility index (Phi) is 6.99. The van der Waals surface area contributed by atoms with E-state index in [0.717, 1.165) is 13.1 Å². The molecule has 0 bridgehead atoms. The van der Waals surface area contributed by atoms with Crippen molar-refractivity contribution >= 4 is 0 Å². The monoisotopic (exact) mass is 268 g/mol. The molecule has 2 N–H and O–H groups in total. The molecule has 0 aliphatic rings. The van der Waals surface area contributed by atoms with Gasteiger partial charge >= 0.3 is 0 Å². The predicted molar refractivity (Wildman–Crippen MR) is 76.3 cm³/mol. The van der Waals surface area contributed by atoms with Crippen LogP contribution in [0.1, 0.15) is 25.0 Å². The molecule has 0 unspecified atom stereocenters. The van der Waals surface area contributed by atoms with Crippen LogP contribution in [0.2, 0.25) is 0 Å². The molecule has 0 fully saturated rings. The molecule has 1 aromatic carbocycles. The Morgan fingerprint density at radius 3 is 2.58 bits per heavy atom. The van der Waals surface area contributed by atoms with E-state index in [1.165, 1.54) is 0 Å². The number of nitrogens with zero attached hydrogens (tertiary/aromatic N) is 1. The fourth-order valence-electron chi connectivity index (χ4n) is 2.13. The molecule has 0 saturated heterocycles. The highest BCUT2D eigenvalue weighted by Gasteiger charge is 2.12. The van der Waals surface area contributed by atoms with Gasteiger partial charge in [0.05, 0.1) is 6.61 Å². The maximum atomic E-state index is 14.2. The van der Waals surface area contributed by atoms with Crippen molar-refractivity contribution in [1.82, 2.24) is 4.90 Å². The largest absolute Gasteiger partial charge is 0.383 e. The first-order chi connectivity index (χ1) is 9.08. The zero-order valence-corrected chi connectivity index (χ0v) is 12.2. The highest BCUT2D eigenvalue weighted by Crippen LogP contribution is 2.15. The molecular formula is C15H25FN2O. The topological polar surface area (TPSA) is 38.5 Å². The lowest BCUT2D eigenvalue weighted by Gasteiger charge is -2.24. The SMILES string of the molecule is COCCN(Cc1cccc(CN)c1F)CC(C)C. The van der Waals surface area contributed by atoms with Crippen LogP contribution in [-0.4, -0.2) is 31.7 Å². The van der Waals surface area contributed by atoms with Crippen molar-refractivity contribution in [3.05, 3.63) is 35.1 Å². The summed E-state index contributed by atoms with van der Waals surface area (Å²) in [5, 5.41) is 0. The van der Waals surface area contributed by atoms with Crippen molar-refractivity contribution < 1.29 is 9.13 Å². The third-order valence-corrected chi connectivity index (χ3v) is 3.01. The van der Waals surface area contributed by atoms with E-state index in [4.69, 9.17) is 10.5 Å². The third-order valence-electron chi connectivity index (χ3n) is 3.01. The summed E-state index contributed by atoms with van der Waals surface area (Å²) in [6.07, 6.45) is 0. The third kappa shape index (κ3) is 5.27. The summed E-state index contributed by atoms with van der Waals surface area (Å²) in [4.78, 5) is 2.22. The second-order valence-electron chi connectivity index (χ2n) is 5.22. The van der Waals surface area contributed by atoms with E-state index in [1.807, 2.05) is 12.1 Å². The van der Waals surface area contributed by atoms with Crippen molar-refractivity contribution in [3.63, 3.8) is 0 Å². The first kappa shape index (κ1) is 16.1. The van der Waals surface area contributed by atoms with E-state index in [0.29, 0.717) is 30.2 Å². The predicted octanol–water partition coefficient (Wildman–Crippen LogP) is 2.39. The lowest BCUT2D eigenvalue weighted by molar-refractivity contribution is 0.135. The van der Waals surface area contributed by atoms with E-state index in [2.05, 4.69) is 18.7 Å². The second kappa shape index (κ2) is 8.25. The molecule has 3 nitrogen and oxygen atoms in total. The molecule has 0 amide bonds. The van der Waals surface area contributed by atoms with Crippen molar-refractivity contribution in [2.75, 3.05) is 26.8 Å². The van der Waals surface area contributed by atoms with Gasteiger partial charge in [-0.25, -0.2) is 4.39 Å². The molecule has 108 valence electrons. The molecule has 0 heterocycles. The summed E-state index contributed by atoms with van der Waals surface area (Å²) in [6.45, 7) is 7.55. The van der Waals surface area contributed by atoms with Gasteiger partial charge in [-0.2, -0.15) is 0 Å². The molecule has 19 heavy (non-hydrogen) atoms. The number of hydrogen-bond donors (Lipinski definition) is 1. The summed E-state index contributed by atoms with van der Waals surface area (Å²) in [6, 6.07) is 5.43. The second-order valence-corrected chi connectivity index (χ2v) is 5.22. The maximum absolute atomic E-state index is 14.2. The van der Waals surface area contributed by atoms with Gasteiger partial charge in [0.2, 0.25) is 0 Å². The summed E-state index contributed by atoms with van der Waals surface area (Å²) >= 11 is 0. The average molecular weight is 268 g/mol. The number of nitrogens with two attached hydrogens (primary N) is 1.